The fourth-order valence-electron chi connectivity index (χ4n) is 4.52. The van der Waals surface area contributed by atoms with Crippen LogP contribution in [0, 0.1) is 11.8 Å². The van der Waals surface area contributed by atoms with Crippen molar-refractivity contribution in [3.63, 3.8) is 0 Å². The van der Waals surface area contributed by atoms with Gasteiger partial charge in [0.15, 0.2) is 5.96 Å². The normalized spacial score (nSPS) is 25.2. The highest BCUT2D eigenvalue weighted by atomic mass is 32.1. The van der Waals surface area contributed by atoms with Crippen LogP contribution in [0.25, 0.3) is 0 Å². The van der Waals surface area contributed by atoms with E-state index in [4.69, 9.17) is 0 Å². The maximum Gasteiger partial charge on any atom is 0.236 e. The van der Waals surface area contributed by atoms with E-state index < -0.39 is 0 Å². The predicted octanol–water partition coefficient (Wildman–Crippen LogP) is 2.55. The lowest BCUT2D eigenvalue weighted by atomic mass is 9.92. The first kappa shape index (κ1) is 22.1. The van der Waals surface area contributed by atoms with Crippen molar-refractivity contribution < 1.29 is 4.79 Å². The van der Waals surface area contributed by atoms with Gasteiger partial charge >= 0.3 is 0 Å². The third-order valence-corrected chi connectivity index (χ3v) is 7.16. The molecule has 2 saturated heterocycles. The van der Waals surface area contributed by atoms with Crippen LogP contribution in [-0.2, 0) is 4.79 Å². The van der Waals surface area contributed by atoms with Crippen molar-refractivity contribution in [2.24, 2.45) is 16.8 Å². The summed E-state index contributed by atoms with van der Waals surface area (Å²) in [5, 5.41) is 5.66. The molecule has 0 bridgehead atoms. The van der Waals surface area contributed by atoms with Gasteiger partial charge in [-0.15, -0.1) is 11.3 Å². The second-order valence-corrected chi connectivity index (χ2v) is 9.83. The summed E-state index contributed by atoms with van der Waals surface area (Å²) < 4.78 is 0. The Kier molecular flexibility index (Phi) is 7.95. The van der Waals surface area contributed by atoms with Crippen LogP contribution in [0.2, 0.25) is 0 Å². The van der Waals surface area contributed by atoms with Gasteiger partial charge in [-0.1, -0.05) is 26.8 Å². The van der Waals surface area contributed by atoms with Crippen LogP contribution in [0.5, 0.6) is 0 Å². The van der Waals surface area contributed by atoms with Gasteiger partial charge in [-0.3, -0.25) is 14.7 Å². The van der Waals surface area contributed by atoms with Gasteiger partial charge in [-0.05, 0) is 29.7 Å². The molecule has 2 aliphatic rings. The zero-order valence-corrected chi connectivity index (χ0v) is 19.2. The van der Waals surface area contributed by atoms with Crippen LogP contribution in [0.4, 0.5) is 0 Å². The van der Waals surface area contributed by atoms with E-state index in [0.29, 0.717) is 30.2 Å². The molecular weight excluding hydrogens is 382 g/mol. The van der Waals surface area contributed by atoms with E-state index in [9.17, 15) is 4.79 Å². The average Bonchev–Trinajstić information content (AvgIpc) is 3.23. The highest BCUT2D eigenvalue weighted by molar-refractivity contribution is 7.10. The molecule has 29 heavy (non-hydrogen) atoms. The lowest BCUT2D eigenvalue weighted by Gasteiger charge is -2.39. The first-order chi connectivity index (χ1) is 14.0. The molecule has 2 aliphatic heterocycles. The first-order valence-corrected chi connectivity index (χ1v) is 11.8. The SMILES string of the molecule is CN=C(NCC(C)c1cccs1)N1CCN(CC(=O)N2CC(C)CC(C)C2)CC1. The molecule has 162 valence electrons. The summed E-state index contributed by atoms with van der Waals surface area (Å²) in [7, 11) is 1.85. The molecule has 1 N–H and O–H groups in total. The third kappa shape index (κ3) is 6.19. The summed E-state index contributed by atoms with van der Waals surface area (Å²) in [6.07, 6.45) is 1.24. The van der Waals surface area contributed by atoms with Crippen LogP contribution in [0.1, 0.15) is 38.0 Å². The van der Waals surface area contributed by atoms with E-state index >= 15 is 0 Å². The number of thiophene rings is 1. The molecule has 3 unspecified atom stereocenters. The van der Waals surface area contributed by atoms with Gasteiger partial charge in [0.1, 0.15) is 0 Å². The summed E-state index contributed by atoms with van der Waals surface area (Å²) >= 11 is 1.81. The fourth-order valence-corrected chi connectivity index (χ4v) is 5.31. The molecule has 7 heteroatoms. The molecule has 3 rings (SSSR count). The first-order valence-electron chi connectivity index (χ1n) is 10.9. The van der Waals surface area contributed by atoms with E-state index in [2.05, 4.69) is 63.3 Å². The van der Waals surface area contributed by atoms with Crippen molar-refractivity contribution in [1.82, 2.24) is 20.0 Å². The summed E-state index contributed by atoms with van der Waals surface area (Å²) in [6.45, 7) is 13.7. The van der Waals surface area contributed by atoms with E-state index in [1.165, 1.54) is 11.3 Å². The Morgan fingerprint density at radius 1 is 1.21 bits per heavy atom. The monoisotopic (exact) mass is 419 g/mol. The van der Waals surface area contributed by atoms with Crippen LogP contribution < -0.4 is 5.32 Å². The number of nitrogens with one attached hydrogen (secondary N) is 1. The quantitative estimate of drug-likeness (QED) is 0.589. The molecular formula is C22H37N5OS. The van der Waals surface area contributed by atoms with E-state index in [1.54, 1.807) is 0 Å². The van der Waals surface area contributed by atoms with E-state index in [0.717, 1.165) is 51.8 Å². The number of hydrogen-bond donors (Lipinski definition) is 1. The van der Waals surface area contributed by atoms with E-state index in [-0.39, 0.29) is 0 Å². The van der Waals surface area contributed by atoms with Crippen molar-refractivity contribution in [3.05, 3.63) is 22.4 Å². The maximum absolute atomic E-state index is 12.8. The van der Waals surface area contributed by atoms with Crippen molar-refractivity contribution >= 4 is 23.2 Å². The van der Waals surface area contributed by atoms with Crippen LogP contribution in [-0.4, -0.2) is 86.0 Å². The van der Waals surface area contributed by atoms with Crippen LogP contribution in [0.3, 0.4) is 0 Å². The van der Waals surface area contributed by atoms with Gasteiger partial charge < -0.3 is 15.1 Å². The lowest BCUT2D eigenvalue weighted by Crippen LogP contribution is -2.55. The topological polar surface area (TPSA) is 51.2 Å². The molecule has 3 atom stereocenters. The molecule has 6 nitrogen and oxygen atoms in total. The Balaban J connectivity index is 1.42. The summed E-state index contributed by atoms with van der Waals surface area (Å²) in [4.78, 5) is 25.3. The summed E-state index contributed by atoms with van der Waals surface area (Å²) in [6, 6.07) is 4.30. The number of rotatable bonds is 5. The number of likely N-dealkylation sites (tertiary alicyclic amines) is 1. The Morgan fingerprint density at radius 2 is 1.90 bits per heavy atom. The molecule has 3 heterocycles. The zero-order valence-electron chi connectivity index (χ0n) is 18.4. The van der Waals surface area contributed by atoms with Crippen molar-refractivity contribution in [2.45, 2.75) is 33.1 Å². The van der Waals surface area contributed by atoms with Gasteiger partial charge in [0.05, 0.1) is 6.54 Å². The number of carbonyl (C=O) groups excluding carboxylic acids is 1. The minimum absolute atomic E-state index is 0.295. The molecule has 0 spiro atoms. The van der Waals surface area contributed by atoms with Crippen molar-refractivity contribution in [1.29, 1.82) is 0 Å². The molecule has 0 saturated carbocycles. The number of amides is 1. The Bertz CT molecular complexity index is 659. The number of piperidine rings is 1. The minimum Gasteiger partial charge on any atom is -0.356 e. The number of hydrogen-bond acceptors (Lipinski definition) is 4. The highest BCUT2D eigenvalue weighted by Crippen LogP contribution is 2.21. The highest BCUT2D eigenvalue weighted by Gasteiger charge is 2.28. The molecule has 0 aromatic carbocycles. The van der Waals surface area contributed by atoms with Gasteiger partial charge in [-0.25, -0.2) is 0 Å². The molecule has 1 aromatic heterocycles. The molecule has 2 fully saturated rings. The molecule has 1 aromatic rings. The van der Waals surface area contributed by atoms with Gasteiger partial charge in [0.25, 0.3) is 0 Å². The standard InChI is InChI=1S/C22H37N5OS/c1-17-12-18(2)15-27(14-17)21(28)16-25-7-9-26(10-8-25)22(23-4)24-13-19(3)20-6-5-11-29-20/h5-6,11,17-19H,7-10,12-16H2,1-4H3,(H,23,24). The number of aliphatic imine (C=N–C) groups is 1. The van der Waals surface area contributed by atoms with Gasteiger partial charge in [-0.2, -0.15) is 0 Å². The van der Waals surface area contributed by atoms with Gasteiger partial charge in [0.2, 0.25) is 5.91 Å². The predicted molar refractivity (Wildman–Crippen MR) is 122 cm³/mol. The number of piperazine rings is 1. The lowest BCUT2D eigenvalue weighted by molar-refractivity contribution is -0.135. The minimum atomic E-state index is 0.295. The maximum atomic E-state index is 12.8. The molecule has 0 aliphatic carbocycles. The average molecular weight is 420 g/mol. The van der Waals surface area contributed by atoms with Crippen LogP contribution >= 0.6 is 11.3 Å². The largest absolute Gasteiger partial charge is 0.356 e. The van der Waals surface area contributed by atoms with Gasteiger partial charge in [0, 0.05) is 63.7 Å². The summed E-state index contributed by atoms with van der Waals surface area (Å²) in [5.74, 6) is 2.97. The fraction of sp³-hybridized carbons (Fsp3) is 0.727. The second-order valence-electron chi connectivity index (χ2n) is 8.85. The number of guanidine groups is 1. The van der Waals surface area contributed by atoms with Crippen molar-refractivity contribution in [3.8, 4) is 0 Å². The second kappa shape index (κ2) is 10.4. The Hall–Kier alpha value is -1.60. The Morgan fingerprint density at radius 3 is 2.48 bits per heavy atom. The molecule has 0 radical (unpaired) electrons. The zero-order chi connectivity index (χ0) is 20.8. The molecule has 1 amide bonds. The number of carbonyl (C=O) groups is 1. The van der Waals surface area contributed by atoms with Crippen molar-refractivity contribution in [2.75, 3.05) is 59.4 Å². The van der Waals surface area contributed by atoms with E-state index in [1.807, 2.05) is 18.4 Å². The Labute approximate surface area is 180 Å². The number of nitrogens with zero attached hydrogens (tertiary/aromatic N) is 4. The smallest absolute Gasteiger partial charge is 0.236 e. The van der Waals surface area contributed by atoms with Crippen LogP contribution in [0.15, 0.2) is 22.5 Å². The third-order valence-electron chi connectivity index (χ3n) is 6.06. The summed E-state index contributed by atoms with van der Waals surface area (Å²) in [5.41, 5.74) is 0.